The van der Waals surface area contributed by atoms with Gasteiger partial charge in [0.05, 0.1) is 6.04 Å². The molecular weight excluding hydrogens is 218 g/mol. The Bertz CT molecular complexity index is 250. The molecule has 2 amide bonds. The Hall–Kier alpha value is -0.810. The number of halogens is 1. The van der Waals surface area contributed by atoms with E-state index < -0.39 is 17.5 Å². The molecule has 15 heavy (non-hydrogen) atoms. The molecule has 0 heterocycles. The van der Waals surface area contributed by atoms with E-state index in [4.69, 9.17) is 11.5 Å². The molecule has 5 N–H and O–H groups in total. The quantitative estimate of drug-likeness (QED) is 0.625. The van der Waals surface area contributed by atoms with Gasteiger partial charge in [-0.3, -0.25) is 9.59 Å². The maximum atomic E-state index is 11.4. The summed E-state index contributed by atoms with van der Waals surface area (Å²) in [4.78, 5) is 22.6. The van der Waals surface area contributed by atoms with Crippen molar-refractivity contribution in [3.05, 3.63) is 0 Å². The number of hydrogen-bond donors (Lipinski definition) is 3. The number of carbonyl (C=O) groups excluding carboxylic acids is 2. The molecule has 1 atom stereocenters. The van der Waals surface area contributed by atoms with E-state index in [0.717, 1.165) is 12.8 Å². The normalized spacial score (nSPS) is 20.1. The average molecular weight is 236 g/mol. The van der Waals surface area contributed by atoms with Crippen LogP contribution in [0.5, 0.6) is 0 Å². The Balaban J connectivity index is 0.00000196. The summed E-state index contributed by atoms with van der Waals surface area (Å²) in [6, 6.07) is -0.605. The minimum atomic E-state index is -0.843. The fraction of sp³-hybridized carbons (Fsp3) is 0.778. The highest BCUT2D eigenvalue weighted by Crippen LogP contribution is 2.29. The van der Waals surface area contributed by atoms with Crippen molar-refractivity contribution in [3.8, 4) is 0 Å². The van der Waals surface area contributed by atoms with Crippen LogP contribution in [0.25, 0.3) is 0 Å². The molecule has 0 aromatic carbocycles. The average Bonchev–Trinajstić information content (AvgIpc) is 2.53. The van der Waals surface area contributed by atoms with Gasteiger partial charge in [-0.25, -0.2) is 0 Å². The predicted molar refractivity (Wildman–Crippen MR) is 59.4 cm³/mol. The second-order valence-electron chi connectivity index (χ2n) is 3.93. The summed E-state index contributed by atoms with van der Waals surface area (Å²) in [5, 5.41) is 2.65. The minimum Gasteiger partial charge on any atom is -0.368 e. The third kappa shape index (κ3) is 3.07. The van der Waals surface area contributed by atoms with Gasteiger partial charge in [0.2, 0.25) is 11.8 Å². The van der Waals surface area contributed by atoms with Crippen LogP contribution >= 0.6 is 12.4 Å². The van der Waals surface area contributed by atoms with Crippen molar-refractivity contribution >= 4 is 24.2 Å². The zero-order valence-corrected chi connectivity index (χ0v) is 9.60. The number of rotatable bonds is 3. The van der Waals surface area contributed by atoms with E-state index in [1.807, 2.05) is 0 Å². The van der Waals surface area contributed by atoms with Gasteiger partial charge in [-0.15, -0.1) is 12.4 Å². The number of hydrogen-bond acceptors (Lipinski definition) is 3. The zero-order valence-electron chi connectivity index (χ0n) is 8.79. The Morgan fingerprint density at radius 1 is 1.33 bits per heavy atom. The van der Waals surface area contributed by atoms with E-state index in [-0.39, 0.29) is 18.3 Å². The predicted octanol–water partition coefficient (Wildman–Crippen LogP) is -0.330. The topological polar surface area (TPSA) is 98.2 Å². The van der Waals surface area contributed by atoms with Gasteiger partial charge in [0.15, 0.2) is 0 Å². The van der Waals surface area contributed by atoms with Crippen LogP contribution < -0.4 is 16.8 Å². The first-order chi connectivity index (χ1) is 6.48. The first-order valence-corrected chi connectivity index (χ1v) is 4.85. The van der Waals surface area contributed by atoms with Crippen molar-refractivity contribution in [2.24, 2.45) is 11.5 Å². The summed E-state index contributed by atoms with van der Waals surface area (Å²) in [6.07, 6.45) is 3.09. The van der Waals surface area contributed by atoms with Crippen LogP contribution in [0, 0.1) is 0 Å². The molecule has 6 heteroatoms. The van der Waals surface area contributed by atoms with Crippen molar-refractivity contribution in [1.82, 2.24) is 5.32 Å². The molecule has 0 spiro atoms. The van der Waals surface area contributed by atoms with E-state index in [2.05, 4.69) is 5.32 Å². The minimum absolute atomic E-state index is 0. The summed E-state index contributed by atoms with van der Waals surface area (Å²) in [6.45, 7) is 1.58. The van der Waals surface area contributed by atoms with Crippen LogP contribution in [-0.2, 0) is 9.59 Å². The highest BCUT2D eigenvalue weighted by molar-refractivity contribution is 5.92. The maximum absolute atomic E-state index is 11.4. The molecule has 0 radical (unpaired) electrons. The van der Waals surface area contributed by atoms with Crippen LogP contribution in [0.15, 0.2) is 0 Å². The van der Waals surface area contributed by atoms with E-state index in [1.54, 1.807) is 6.92 Å². The molecule has 5 nitrogen and oxygen atoms in total. The van der Waals surface area contributed by atoms with E-state index >= 15 is 0 Å². The lowest BCUT2D eigenvalue weighted by Crippen LogP contribution is -2.58. The van der Waals surface area contributed by atoms with Gasteiger partial charge in [-0.1, -0.05) is 12.8 Å². The smallest absolute Gasteiger partial charge is 0.243 e. The van der Waals surface area contributed by atoms with Crippen LogP contribution in [0.2, 0.25) is 0 Å². The molecule has 0 aliphatic heterocycles. The Labute approximate surface area is 95.4 Å². The van der Waals surface area contributed by atoms with Gasteiger partial charge in [0.1, 0.15) is 5.54 Å². The zero-order chi connectivity index (χ0) is 10.8. The molecular formula is C9H18ClN3O2. The van der Waals surface area contributed by atoms with Gasteiger partial charge >= 0.3 is 0 Å². The largest absolute Gasteiger partial charge is 0.368 e. The summed E-state index contributed by atoms with van der Waals surface area (Å²) in [5.74, 6) is -0.769. The molecule has 0 unspecified atom stereocenters. The van der Waals surface area contributed by atoms with Crippen molar-refractivity contribution in [2.45, 2.75) is 44.2 Å². The van der Waals surface area contributed by atoms with Crippen LogP contribution in [0.1, 0.15) is 32.6 Å². The summed E-state index contributed by atoms with van der Waals surface area (Å²) in [7, 11) is 0. The van der Waals surface area contributed by atoms with E-state index in [9.17, 15) is 9.59 Å². The fourth-order valence-corrected chi connectivity index (χ4v) is 1.76. The fourth-order valence-electron chi connectivity index (χ4n) is 1.76. The number of primary amides is 1. The van der Waals surface area contributed by atoms with Gasteiger partial charge in [0.25, 0.3) is 0 Å². The highest BCUT2D eigenvalue weighted by Gasteiger charge is 2.41. The van der Waals surface area contributed by atoms with Gasteiger partial charge in [0, 0.05) is 0 Å². The molecule has 1 saturated carbocycles. The number of amides is 2. The molecule has 88 valence electrons. The molecule has 1 aliphatic rings. The molecule has 1 rings (SSSR count). The molecule has 1 aliphatic carbocycles. The van der Waals surface area contributed by atoms with Crippen LogP contribution in [0.4, 0.5) is 0 Å². The monoisotopic (exact) mass is 235 g/mol. The number of nitrogens with one attached hydrogen (secondary N) is 1. The first-order valence-electron chi connectivity index (χ1n) is 4.85. The molecule has 0 bridgehead atoms. The van der Waals surface area contributed by atoms with Crippen LogP contribution in [0.3, 0.4) is 0 Å². The van der Waals surface area contributed by atoms with E-state index in [1.165, 1.54) is 0 Å². The molecule has 0 aromatic rings. The Morgan fingerprint density at radius 3 is 2.13 bits per heavy atom. The van der Waals surface area contributed by atoms with Crippen molar-refractivity contribution < 1.29 is 9.59 Å². The maximum Gasteiger partial charge on any atom is 0.243 e. The van der Waals surface area contributed by atoms with Gasteiger partial charge in [-0.2, -0.15) is 0 Å². The third-order valence-corrected chi connectivity index (χ3v) is 2.70. The van der Waals surface area contributed by atoms with E-state index in [0.29, 0.717) is 12.8 Å². The number of nitrogens with two attached hydrogens (primary N) is 2. The lowest BCUT2D eigenvalue weighted by Gasteiger charge is -2.27. The number of carbonyl (C=O) groups is 2. The first kappa shape index (κ1) is 14.2. The molecule has 0 aromatic heterocycles. The Morgan fingerprint density at radius 2 is 1.80 bits per heavy atom. The molecule has 0 saturated heterocycles. The SMILES string of the molecule is C[C@H](N)C(=O)NC1(C(N)=O)CCCC1.Cl. The second-order valence-corrected chi connectivity index (χ2v) is 3.93. The van der Waals surface area contributed by atoms with Crippen molar-refractivity contribution in [2.75, 3.05) is 0 Å². The summed E-state index contributed by atoms with van der Waals surface area (Å²) in [5.41, 5.74) is 9.85. The third-order valence-electron chi connectivity index (χ3n) is 2.70. The van der Waals surface area contributed by atoms with Crippen molar-refractivity contribution in [1.29, 1.82) is 0 Å². The second kappa shape index (κ2) is 5.32. The van der Waals surface area contributed by atoms with Crippen LogP contribution in [-0.4, -0.2) is 23.4 Å². The van der Waals surface area contributed by atoms with Crippen molar-refractivity contribution in [3.63, 3.8) is 0 Å². The lowest BCUT2D eigenvalue weighted by atomic mass is 9.96. The summed E-state index contributed by atoms with van der Waals surface area (Å²) < 4.78 is 0. The Kier molecular flexibility index (Phi) is 5.03. The summed E-state index contributed by atoms with van der Waals surface area (Å²) >= 11 is 0. The highest BCUT2D eigenvalue weighted by atomic mass is 35.5. The standard InChI is InChI=1S/C9H17N3O2.ClH/c1-6(10)7(13)12-9(8(11)14)4-2-3-5-9;/h6H,2-5,10H2,1H3,(H2,11,14)(H,12,13);1H/t6-;/m0./s1. The van der Waals surface area contributed by atoms with Gasteiger partial charge < -0.3 is 16.8 Å². The van der Waals surface area contributed by atoms with Gasteiger partial charge in [-0.05, 0) is 19.8 Å². The lowest BCUT2D eigenvalue weighted by molar-refractivity contribution is -0.131. The molecule has 1 fully saturated rings.